The standard InChI is InChI=1S/C21H22F2N2O4/c1-2-14-5-3-6-16(11-14)25-19(26)13-29-20(27)7-4-10-24-21(28)17-9-8-15(22)12-18(17)23/h3,5-6,8-9,11-12H,2,4,7,10,13H2,1H3,(H,24,28)(H,25,26). The van der Waals surface area contributed by atoms with Crippen LogP contribution in [0.1, 0.15) is 35.7 Å². The third kappa shape index (κ3) is 7.33. The molecule has 0 aromatic heterocycles. The summed E-state index contributed by atoms with van der Waals surface area (Å²) in [6.45, 7) is 1.68. The average Bonchev–Trinajstić information content (AvgIpc) is 2.69. The molecule has 0 aliphatic rings. The normalized spacial score (nSPS) is 10.3. The molecule has 0 bridgehead atoms. The lowest BCUT2D eigenvalue weighted by Gasteiger charge is -2.08. The fourth-order valence-electron chi connectivity index (χ4n) is 2.49. The van der Waals surface area contributed by atoms with E-state index in [1.807, 2.05) is 25.1 Å². The molecule has 29 heavy (non-hydrogen) atoms. The van der Waals surface area contributed by atoms with E-state index in [0.29, 0.717) is 11.8 Å². The molecular weight excluding hydrogens is 382 g/mol. The Kier molecular flexibility index (Phi) is 8.27. The van der Waals surface area contributed by atoms with E-state index < -0.39 is 36.0 Å². The number of amides is 2. The molecule has 0 aliphatic carbocycles. The van der Waals surface area contributed by atoms with Gasteiger partial charge in [-0.2, -0.15) is 0 Å². The van der Waals surface area contributed by atoms with Crippen LogP contribution >= 0.6 is 0 Å². The molecule has 2 amide bonds. The number of aryl methyl sites for hydroxylation is 1. The highest BCUT2D eigenvalue weighted by molar-refractivity contribution is 5.94. The number of carbonyl (C=O) groups excluding carboxylic acids is 3. The Hall–Kier alpha value is -3.29. The molecule has 6 nitrogen and oxygen atoms in total. The van der Waals surface area contributed by atoms with Crippen LogP contribution in [0.25, 0.3) is 0 Å². The van der Waals surface area contributed by atoms with Gasteiger partial charge in [0.05, 0.1) is 5.56 Å². The minimum atomic E-state index is -0.961. The molecular formula is C21H22F2N2O4. The van der Waals surface area contributed by atoms with Crippen LogP contribution in [0.2, 0.25) is 0 Å². The number of hydrogen-bond acceptors (Lipinski definition) is 4. The van der Waals surface area contributed by atoms with Crippen molar-refractivity contribution < 1.29 is 27.9 Å². The fraction of sp³-hybridized carbons (Fsp3) is 0.286. The van der Waals surface area contributed by atoms with Gasteiger partial charge in [0.2, 0.25) is 0 Å². The van der Waals surface area contributed by atoms with Gasteiger partial charge in [0, 0.05) is 24.7 Å². The second-order valence-corrected chi connectivity index (χ2v) is 6.25. The van der Waals surface area contributed by atoms with E-state index in [1.54, 1.807) is 6.07 Å². The zero-order valence-corrected chi connectivity index (χ0v) is 16.0. The van der Waals surface area contributed by atoms with E-state index in [2.05, 4.69) is 10.6 Å². The topological polar surface area (TPSA) is 84.5 Å². The number of esters is 1. The lowest BCUT2D eigenvalue weighted by Crippen LogP contribution is -2.26. The van der Waals surface area contributed by atoms with Crippen LogP contribution in [0.4, 0.5) is 14.5 Å². The molecule has 0 heterocycles. The minimum absolute atomic E-state index is 0.0230. The molecule has 0 radical (unpaired) electrons. The largest absolute Gasteiger partial charge is 0.456 e. The number of ether oxygens (including phenoxy) is 1. The molecule has 0 saturated carbocycles. The number of carbonyl (C=O) groups is 3. The summed E-state index contributed by atoms with van der Waals surface area (Å²) in [4.78, 5) is 35.3. The van der Waals surface area contributed by atoms with Gasteiger partial charge < -0.3 is 15.4 Å². The van der Waals surface area contributed by atoms with Crippen LogP contribution in [0, 0.1) is 11.6 Å². The Morgan fingerprint density at radius 2 is 1.86 bits per heavy atom. The zero-order valence-electron chi connectivity index (χ0n) is 16.0. The molecule has 8 heteroatoms. The Morgan fingerprint density at radius 1 is 1.07 bits per heavy atom. The molecule has 0 atom stereocenters. The van der Waals surface area contributed by atoms with Gasteiger partial charge in [-0.25, -0.2) is 8.78 Å². The van der Waals surface area contributed by atoms with Crippen LogP contribution in [0.3, 0.4) is 0 Å². The Balaban J connectivity index is 1.65. The van der Waals surface area contributed by atoms with Gasteiger partial charge in [0.1, 0.15) is 11.6 Å². The van der Waals surface area contributed by atoms with E-state index in [9.17, 15) is 23.2 Å². The summed E-state index contributed by atoms with van der Waals surface area (Å²) in [5, 5.41) is 5.08. The number of nitrogens with one attached hydrogen (secondary N) is 2. The Labute approximate surface area is 167 Å². The first-order valence-corrected chi connectivity index (χ1v) is 9.16. The summed E-state index contributed by atoms with van der Waals surface area (Å²) in [5.41, 5.74) is 1.42. The molecule has 2 N–H and O–H groups in total. The molecule has 0 aliphatic heterocycles. The molecule has 0 saturated heterocycles. The molecule has 0 fully saturated rings. The van der Waals surface area contributed by atoms with Crippen molar-refractivity contribution in [3.05, 3.63) is 65.2 Å². The van der Waals surface area contributed by atoms with Crippen molar-refractivity contribution in [3.63, 3.8) is 0 Å². The third-order valence-corrected chi connectivity index (χ3v) is 4.00. The summed E-state index contributed by atoms with van der Waals surface area (Å²) in [6.07, 6.45) is 1.06. The van der Waals surface area contributed by atoms with E-state index in [1.165, 1.54) is 0 Å². The Morgan fingerprint density at radius 3 is 2.59 bits per heavy atom. The smallest absolute Gasteiger partial charge is 0.306 e. The van der Waals surface area contributed by atoms with Crippen LogP contribution in [0.5, 0.6) is 0 Å². The lowest BCUT2D eigenvalue weighted by molar-refractivity contribution is -0.147. The van der Waals surface area contributed by atoms with Crippen molar-refractivity contribution in [2.24, 2.45) is 0 Å². The predicted molar refractivity (Wildman–Crippen MR) is 103 cm³/mol. The van der Waals surface area contributed by atoms with Crippen molar-refractivity contribution in [1.29, 1.82) is 0 Å². The first-order valence-electron chi connectivity index (χ1n) is 9.16. The molecule has 2 aromatic rings. The highest BCUT2D eigenvalue weighted by atomic mass is 19.1. The van der Waals surface area contributed by atoms with Crippen molar-refractivity contribution >= 4 is 23.5 Å². The van der Waals surface area contributed by atoms with Crippen LogP contribution in [-0.2, 0) is 20.7 Å². The predicted octanol–water partition coefficient (Wildman–Crippen LogP) is 3.22. The maximum absolute atomic E-state index is 13.5. The van der Waals surface area contributed by atoms with Crippen LogP contribution in [-0.4, -0.2) is 30.9 Å². The van der Waals surface area contributed by atoms with E-state index in [-0.39, 0.29) is 24.9 Å². The van der Waals surface area contributed by atoms with Gasteiger partial charge in [-0.05, 0) is 42.7 Å². The average molecular weight is 404 g/mol. The van der Waals surface area contributed by atoms with Crippen molar-refractivity contribution in [2.45, 2.75) is 26.2 Å². The van der Waals surface area contributed by atoms with Crippen molar-refractivity contribution in [3.8, 4) is 0 Å². The van der Waals surface area contributed by atoms with Crippen LogP contribution < -0.4 is 10.6 Å². The number of rotatable bonds is 9. The molecule has 154 valence electrons. The van der Waals surface area contributed by atoms with E-state index >= 15 is 0 Å². The Bertz CT molecular complexity index is 887. The van der Waals surface area contributed by atoms with Gasteiger partial charge in [0.25, 0.3) is 11.8 Å². The number of halogens is 2. The second-order valence-electron chi connectivity index (χ2n) is 6.25. The molecule has 2 rings (SSSR count). The number of benzene rings is 2. The zero-order chi connectivity index (χ0) is 21.2. The number of hydrogen-bond donors (Lipinski definition) is 2. The quantitative estimate of drug-likeness (QED) is 0.497. The first-order chi connectivity index (χ1) is 13.9. The molecule has 2 aromatic carbocycles. The van der Waals surface area contributed by atoms with E-state index in [4.69, 9.17) is 4.74 Å². The minimum Gasteiger partial charge on any atom is -0.456 e. The maximum atomic E-state index is 13.5. The van der Waals surface area contributed by atoms with E-state index in [0.717, 1.165) is 24.1 Å². The third-order valence-electron chi connectivity index (χ3n) is 4.00. The monoisotopic (exact) mass is 404 g/mol. The second kappa shape index (κ2) is 10.9. The summed E-state index contributed by atoms with van der Waals surface area (Å²) < 4.78 is 31.2. The number of anilines is 1. The van der Waals surface area contributed by atoms with Crippen molar-refractivity contribution in [2.75, 3.05) is 18.5 Å². The molecule has 0 spiro atoms. The lowest BCUT2D eigenvalue weighted by atomic mass is 10.1. The van der Waals surface area contributed by atoms with Crippen molar-refractivity contribution in [1.82, 2.24) is 5.32 Å². The highest BCUT2D eigenvalue weighted by Gasteiger charge is 2.13. The highest BCUT2D eigenvalue weighted by Crippen LogP contribution is 2.11. The fourth-order valence-corrected chi connectivity index (χ4v) is 2.49. The van der Waals surface area contributed by atoms with Gasteiger partial charge in [-0.3, -0.25) is 14.4 Å². The van der Waals surface area contributed by atoms with Gasteiger partial charge in [-0.15, -0.1) is 0 Å². The summed E-state index contributed by atoms with van der Waals surface area (Å²) in [6, 6.07) is 10.0. The van der Waals surface area contributed by atoms with Gasteiger partial charge >= 0.3 is 5.97 Å². The SMILES string of the molecule is CCc1cccc(NC(=O)COC(=O)CCCNC(=O)c2ccc(F)cc2F)c1. The van der Waals surface area contributed by atoms with Crippen LogP contribution in [0.15, 0.2) is 42.5 Å². The maximum Gasteiger partial charge on any atom is 0.306 e. The molecule has 0 unspecified atom stereocenters. The van der Waals surface area contributed by atoms with Gasteiger partial charge in [0.15, 0.2) is 6.61 Å². The summed E-state index contributed by atoms with van der Waals surface area (Å²) >= 11 is 0. The summed E-state index contributed by atoms with van der Waals surface area (Å²) in [5.74, 6) is -3.48. The summed E-state index contributed by atoms with van der Waals surface area (Å²) in [7, 11) is 0. The first kappa shape index (κ1) is 22.0. The van der Waals surface area contributed by atoms with Gasteiger partial charge in [-0.1, -0.05) is 19.1 Å².